The Hall–Kier alpha value is -3.36. The van der Waals surface area contributed by atoms with E-state index in [2.05, 4.69) is 17.2 Å². The minimum atomic E-state index is -1.41. The van der Waals surface area contributed by atoms with Crippen molar-refractivity contribution in [3.05, 3.63) is 41.3 Å². The van der Waals surface area contributed by atoms with Crippen molar-refractivity contribution in [1.82, 2.24) is 9.55 Å². The number of rotatable bonds is 11. The first-order chi connectivity index (χ1) is 14.4. The summed E-state index contributed by atoms with van der Waals surface area (Å²) < 4.78 is 6.78. The van der Waals surface area contributed by atoms with E-state index in [4.69, 9.17) is 4.74 Å². The molecule has 0 bridgehead atoms. The van der Waals surface area contributed by atoms with E-state index >= 15 is 0 Å². The highest BCUT2D eigenvalue weighted by Crippen LogP contribution is 2.22. The molecule has 0 atom stereocenters. The van der Waals surface area contributed by atoms with Gasteiger partial charge in [-0.1, -0.05) is 32.3 Å². The molecule has 9 heteroatoms. The van der Waals surface area contributed by atoms with E-state index in [1.165, 1.54) is 18.2 Å². The molecule has 30 heavy (non-hydrogen) atoms. The van der Waals surface area contributed by atoms with Crippen molar-refractivity contribution in [2.75, 3.05) is 11.9 Å². The number of carbonyl (C=O) groups is 3. The standard InChI is InChI=1S/C21H27N3O6/c1-3-5-6-7-11-24-13-16(22-17(24)12-18(26)30-4-2)23-20(27)14-9-8-10-15(25)19(14)21(28)29/h8-10,13,25H,3-7,11-12H2,1-2H3,(H,23,27)(H,28,29). The minimum Gasteiger partial charge on any atom is -0.507 e. The Morgan fingerprint density at radius 3 is 2.60 bits per heavy atom. The number of carbonyl (C=O) groups excluding carboxylic acids is 2. The lowest BCUT2D eigenvalue weighted by molar-refractivity contribution is -0.142. The Labute approximate surface area is 174 Å². The maximum atomic E-state index is 12.6. The molecule has 162 valence electrons. The molecule has 1 aromatic heterocycles. The molecule has 0 radical (unpaired) electrons. The zero-order valence-corrected chi connectivity index (χ0v) is 17.2. The van der Waals surface area contributed by atoms with Gasteiger partial charge in [-0.2, -0.15) is 0 Å². The fourth-order valence-corrected chi connectivity index (χ4v) is 3.04. The van der Waals surface area contributed by atoms with Crippen LogP contribution in [0.2, 0.25) is 0 Å². The molecule has 0 saturated heterocycles. The van der Waals surface area contributed by atoms with Crippen molar-refractivity contribution in [2.24, 2.45) is 0 Å². The number of aromatic carboxylic acids is 1. The van der Waals surface area contributed by atoms with Crippen LogP contribution in [-0.4, -0.2) is 44.2 Å². The number of aryl methyl sites for hydroxylation is 1. The highest BCUT2D eigenvalue weighted by atomic mass is 16.5. The molecule has 0 fully saturated rings. The third kappa shape index (κ3) is 6.07. The lowest BCUT2D eigenvalue weighted by Crippen LogP contribution is -2.17. The van der Waals surface area contributed by atoms with Crippen molar-refractivity contribution in [3.8, 4) is 5.75 Å². The number of hydrogen-bond acceptors (Lipinski definition) is 6. The van der Waals surface area contributed by atoms with E-state index in [0.717, 1.165) is 25.7 Å². The van der Waals surface area contributed by atoms with Gasteiger partial charge in [0, 0.05) is 12.7 Å². The number of benzene rings is 1. The summed E-state index contributed by atoms with van der Waals surface area (Å²) in [6, 6.07) is 3.89. The summed E-state index contributed by atoms with van der Waals surface area (Å²) in [6.45, 7) is 4.72. The molecule has 1 heterocycles. The third-order valence-electron chi connectivity index (χ3n) is 4.46. The minimum absolute atomic E-state index is 0.0377. The van der Waals surface area contributed by atoms with Crippen LogP contribution in [-0.2, 0) is 22.5 Å². The number of carboxylic acids is 1. The zero-order valence-electron chi connectivity index (χ0n) is 17.2. The normalized spacial score (nSPS) is 10.6. The smallest absolute Gasteiger partial charge is 0.340 e. The summed E-state index contributed by atoms with van der Waals surface area (Å²) in [5, 5.41) is 21.6. The van der Waals surface area contributed by atoms with E-state index in [9.17, 15) is 24.6 Å². The first-order valence-corrected chi connectivity index (χ1v) is 9.95. The van der Waals surface area contributed by atoms with Gasteiger partial charge in [-0.15, -0.1) is 0 Å². The molecule has 3 N–H and O–H groups in total. The third-order valence-corrected chi connectivity index (χ3v) is 4.46. The largest absolute Gasteiger partial charge is 0.507 e. The van der Waals surface area contributed by atoms with Crippen LogP contribution in [0.3, 0.4) is 0 Å². The number of amides is 1. The molecule has 1 amide bonds. The maximum absolute atomic E-state index is 12.6. The van der Waals surface area contributed by atoms with Crippen LogP contribution in [0.5, 0.6) is 5.75 Å². The summed E-state index contributed by atoms with van der Waals surface area (Å²) in [4.78, 5) is 40.2. The predicted octanol–water partition coefficient (Wildman–Crippen LogP) is 3.23. The van der Waals surface area contributed by atoms with Gasteiger partial charge in [0.15, 0.2) is 5.82 Å². The fourth-order valence-electron chi connectivity index (χ4n) is 3.04. The van der Waals surface area contributed by atoms with Crippen LogP contribution in [0.1, 0.15) is 66.1 Å². The van der Waals surface area contributed by atoms with E-state index < -0.39 is 29.2 Å². The number of nitrogens with zero attached hydrogens (tertiary/aromatic N) is 2. The molecule has 9 nitrogen and oxygen atoms in total. The molecular weight excluding hydrogens is 390 g/mol. The number of anilines is 1. The molecule has 0 saturated carbocycles. The van der Waals surface area contributed by atoms with Crippen molar-refractivity contribution < 1.29 is 29.3 Å². The highest BCUT2D eigenvalue weighted by molar-refractivity contribution is 6.11. The number of aromatic nitrogens is 2. The molecule has 0 aliphatic heterocycles. The zero-order chi connectivity index (χ0) is 22.1. The first-order valence-electron chi connectivity index (χ1n) is 9.95. The van der Waals surface area contributed by atoms with E-state index in [0.29, 0.717) is 12.4 Å². The highest BCUT2D eigenvalue weighted by Gasteiger charge is 2.22. The van der Waals surface area contributed by atoms with Gasteiger partial charge >= 0.3 is 11.9 Å². The first kappa shape index (κ1) is 22.9. The van der Waals surface area contributed by atoms with Gasteiger partial charge in [0.1, 0.15) is 23.6 Å². The Balaban J connectivity index is 2.23. The Kier molecular flexibility index (Phi) is 8.40. The summed E-state index contributed by atoms with van der Waals surface area (Å²) >= 11 is 0. The number of ether oxygens (including phenoxy) is 1. The van der Waals surface area contributed by atoms with Crippen LogP contribution in [0.25, 0.3) is 0 Å². The van der Waals surface area contributed by atoms with Crippen LogP contribution < -0.4 is 5.32 Å². The summed E-state index contributed by atoms with van der Waals surface area (Å²) in [6.07, 6.45) is 5.69. The van der Waals surface area contributed by atoms with Crippen LogP contribution >= 0.6 is 0 Å². The topological polar surface area (TPSA) is 131 Å². The van der Waals surface area contributed by atoms with Gasteiger partial charge in [-0.05, 0) is 25.5 Å². The second-order valence-corrected chi connectivity index (χ2v) is 6.74. The average molecular weight is 417 g/mol. The molecule has 0 aliphatic carbocycles. The molecule has 2 rings (SSSR count). The van der Waals surface area contributed by atoms with Crippen LogP contribution in [0.4, 0.5) is 5.82 Å². The van der Waals surface area contributed by atoms with Crippen molar-refractivity contribution in [3.63, 3.8) is 0 Å². The van der Waals surface area contributed by atoms with Gasteiger partial charge in [-0.3, -0.25) is 9.59 Å². The molecule has 2 aromatic rings. The van der Waals surface area contributed by atoms with Gasteiger partial charge < -0.3 is 24.8 Å². The Morgan fingerprint density at radius 1 is 1.17 bits per heavy atom. The number of esters is 1. The van der Waals surface area contributed by atoms with Crippen LogP contribution in [0, 0.1) is 0 Å². The number of phenols is 1. The van der Waals surface area contributed by atoms with E-state index in [1.807, 2.05) is 0 Å². The monoisotopic (exact) mass is 417 g/mol. The Bertz CT molecular complexity index is 906. The summed E-state index contributed by atoms with van der Waals surface area (Å²) in [7, 11) is 0. The molecule has 1 aromatic carbocycles. The predicted molar refractivity (Wildman–Crippen MR) is 110 cm³/mol. The molecular formula is C21H27N3O6. The lowest BCUT2D eigenvalue weighted by atomic mass is 10.1. The number of imidazole rings is 1. The van der Waals surface area contributed by atoms with Crippen molar-refractivity contribution >= 4 is 23.7 Å². The number of nitrogens with one attached hydrogen (secondary N) is 1. The van der Waals surface area contributed by atoms with Crippen molar-refractivity contribution in [2.45, 2.75) is 52.5 Å². The van der Waals surface area contributed by atoms with Crippen LogP contribution in [0.15, 0.2) is 24.4 Å². The lowest BCUT2D eigenvalue weighted by Gasteiger charge is -2.07. The molecule has 0 spiro atoms. The van der Waals surface area contributed by atoms with Gasteiger partial charge in [0.2, 0.25) is 0 Å². The van der Waals surface area contributed by atoms with E-state index in [-0.39, 0.29) is 24.4 Å². The van der Waals surface area contributed by atoms with Gasteiger partial charge in [0.05, 0.1) is 12.2 Å². The quantitative estimate of drug-likeness (QED) is 0.378. The Morgan fingerprint density at radius 2 is 1.93 bits per heavy atom. The summed E-state index contributed by atoms with van der Waals surface area (Å²) in [5.74, 6) is -2.41. The summed E-state index contributed by atoms with van der Waals surface area (Å²) in [5.41, 5.74) is -0.673. The number of carboxylic acid groups (broad SMARTS) is 1. The van der Waals surface area contributed by atoms with Gasteiger partial charge in [0.25, 0.3) is 5.91 Å². The SMILES string of the molecule is CCCCCCn1cc(NC(=O)c2cccc(O)c2C(=O)O)nc1CC(=O)OCC. The fraction of sp³-hybridized carbons (Fsp3) is 0.429. The number of hydrogen-bond donors (Lipinski definition) is 3. The van der Waals surface area contributed by atoms with Crippen molar-refractivity contribution in [1.29, 1.82) is 0 Å². The second-order valence-electron chi connectivity index (χ2n) is 6.74. The maximum Gasteiger partial charge on any atom is 0.340 e. The molecule has 0 unspecified atom stereocenters. The molecule has 0 aliphatic rings. The number of aromatic hydroxyl groups is 1. The van der Waals surface area contributed by atoms with E-state index in [1.54, 1.807) is 17.7 Å². The van der Waals surface area contributed by atoms with Gasteiger partial charge in [-0.25, -0.2) is 9.78 Å². The number of unbranched alkanes of at least 4 members (excludes halogenated alkanes) is 3. The average Bonchev–Trinajstić information content (AvgIpc) is 3.05. The second kappa shape index (κ2) is 11.0.